The molecule has 4 aliphatic rings. The Hall–Kier alpha value is -0.630. The molecular formula is C22H35NO3. The lowest BCUT2D eigenvalue weighted by molar-refractivity contribution is -0.171. The van der Waals surface area contributed by atoms with Gasteiger partial charge in [-0.15, -0.1) is 0 Å². The van der Waals surface area contributed by atoms with Gasteiger partial charge in [0, 0.05) is 12.5 Å². The van der Waals surface area contributed by atoms with Gasteiger partial charge in [0.2, 0.25) is 0 Å². The monoisotopic (exact) mass is 361 g/mol. The van der Waals surface area contributed by atoms with Crippen molar-refractivity contribution in [2.75, 3.05) is 13.7 Å². The molecule has 1 unspecified atom stereocenters. The van der Waals surface area contributed by atoms with E-state index in [4.69, 9.17) is 4.74 Å². The zero-order chi connectivity index (χ0) is 18.8. The molecule has 4 aliphatic carbocycles. The van der Waals surface area contributed by atoms with Gasteiger partial charge in [-0.3, -0.25) is 0 Å². The van der Waals surface area contributed by atoms with E-state index in [2.05, 4.69) is 19.9 Å². The number of nitrogens with zero attached hydrogens (tertiary/aromatic N) is 1. The van der Waals surface area contributed by atoms with Crippen LogP contribution < -0.4 is 0 Å². The van der Waals surface area contributed by atoms with Crippen LogP contribution in [0.25, 0.3) is 0 Å². The first kappa shape index (κ1) is 18.7. The van der Waals surface area contributed by atoms with Crippen LogP contribution in [0.2, 0.25) is 0 Å². The molecule has 0 aromatic rings. The van der Waals surface area contributed by atoms with Crippen LogP contribution in [0.3, 0.4) is 0 Å². The fourth-order valence-corrected chi connectivity index (χ4v) is 7.92. The molecule has 0 radical (unpaired) electrons. The predicted molar refractivity (Wildman–Crippen MR) is 99.1 cm³/mol. The Morgan fingerprint density at radius 1 is 1.00 bits per heavy atom. The first-order chi connectivity index (χ1) is 12.2. The molecule has 2 N–H and O–H groups in total. The topological polar surface area (TPSA) is 73.5 Å². The number of hydrogen-bond donors (Lipinski definition) is 2. The van der Waals surface area contributed by atoms with E-state index in [-0.39, 0.29) is 10.8 Å². The number of ether oxygens (including phenoxy) is 1. The van der Waals surface area contributed by atoms with E-state index in [9.17, 15) is 15.5 Å². The van der Waals surface area contributed by atoms with Crippen LogP contribution >= 0.6 is 0 Å². The third-order valence-corrected chi connectivity index (χ3v) is 9.57. The molecule has 4 fully saturated rings. The molecule has 4 saturated carbocycles. The SMILES string of the molecule is COC[C@@]1(O)CC[C@@]2(C)[C@H](CC[C@@H]3[C@@H]2CC[C@@]2(C)[C@H]3CCC2(O)C#N)C1. The van der Waals surface area contributed by atoms with Gasteiger partial charge >= 0.3 is 0 Å². The average molecular weight is 362 g/mol. The molecule has 4 heteroatoms. The summed E-state index contributed by atoms with van der Waals surface area (Å²) >= 11 is 0. The highest BCUT2D eigenvalue weighted by molar-refractivity contribution is 5.21. The Morgan fingerprint density at radius 3 is 2.42 bits per heavy atom. The van der Waals surface area contributed by atoms with Crippen molar-refractivity contribution in [2.45, 2.75) is 82.8 Å². The van der Waals surface area contributed by atoms with Crippen LogP contribution in [0.1, 0.15) is 71.6 Å². The molecule has 0 aromatic carbocycles. The molecule has 0 bridgehead atoms. The van der Waals surface area contributed by atoms with Crippen molar-refractivity contribution in [1.82, 2.24) is 0 Å². The number of fused-ring (bicyclic) bond motifs is 5. The number of rotatable bonds is 2. The number of hydrogen-bond acceptors (Lipinski definition) is 4. The fourth-order valence-electron chi connectivity index (χ4n) is 7.92. The lowest BCUT2D eigenvalue weighted by Crippen LogP contribution is -2.58. The second-order valence-corrected chi connectivity index (χ2v) is 10.5. The zero-order valence-electron chi connectivity index (χ0n) is 16.6. The molecule has 0 spiro atoms. The van der Waals surface area contributed by atoms with E-state index < -0.39 is 11.2 Å². The van der Waals surface area contributed by atoms with Crippen LogP contribution in [-0.2, 0) is 4.74 Å². The summed E-state index contributed by atoms with van der Waals surface area (Å²) in [5.74, 6) is 2.35. The minimum atomic E-state index is -1.13. The summed E-state index contributed by atoms with van der Waals surface area (Å²) in [7, 11) is 1.68. The van der Waals surface area contributed by atoms with Gasteiger partial charge in [-0.2, -0.15) is 5.26 Å². The third kappa shape index (κ3) is 2.36. The molecule has 26 heavy (non-hydrogen) atoms. The first-order valence-electron chi connectivity index (χ1n) is 10.6. The Morgan fingerprint density at radius 2 is 1.73 bits per heavy atom. The van der Waals surface area contributed by atoms with Gasteiger partial charge in [0.25, 0.3) is 0 Å². The summed E-state index contributed by atoms with van der Waals surface area (Å²) in [6, 6.07) is 2.27. The second-order valence-electron chi connectivity index (χ2n) is 10.5. The van der Waals surface area contributed by atoms with E-state index in [1.165, 1.54) is 12.8 Å². The van der Waals surface area contributed by atoms with Crippen LogP contribution in [0.5, 0.6) is 0 Å². The summed E-state index contributed by atoms with van der Waals surface area (Å²) in [6.07, 6.45) is 8.86. The highest BCUT2D eigenvalue weighted by Gasteiger charge is 2.65. The standard InChI is InChI=1S/C22H35NO3/c1-19-10-11-21(24,14-26-3)12-15(19)4-5-16-17(19)6-8-20(2)18(16)7-9-22(20,25)13-23/h15-18,24-25H,4-12,14H2,1-3H3/t15-,16-,17+,18+,19+,20+,21-,22?/m1/s1. The molecule has 0 amide bonds. The zero-order valence-corrected chi connectivity index (χ0v) is 16.6. The van der Waals surface area contributed by atoms with Gasteiger partial charge in [-0.05, 0) is 86.9 Å². The summed E-state index contributed by atoms with van der Waals surface area (Å²) in [6.45, 7) is 5.09. The molecule has 4 nitrogen and oxygen atoms in total. The van der Waals surface area contributed by atoms with Crippen molar-refractivity contribution in [3.05, 3.63) is 0 Å². The normalized spacial score (nSPS) is 56.2. The van der Waals surface area contributed by atoms with Crippen molar-refractivity contribution in [2.24, 2.45) is 34.5 Å². The maximum Gasteiger partial charge on any atom is 0.156 e. The highest BCUT2D eigenvalue weighted by Crippen LogP contribution is 2.68. The van der Waals surface area contributed by atoms with Gasteiger partial charge in [0.05, 0.1) is 18.3 Å². The van der Waals surface area contributed by atoms with Gasteiger partial charge in [0.15, 0.2) is 5.60 Å². The molecular weight excluding hydrogens is 326 g/mol. The number of nitriles is 1. The Balaban J connectivity index is 1.59. The minimum Gasteiger partial charge on any atom is -0.387 e. The third-order valence-electron chi connectivity index (χ3n) is 9.57. The maximum absolute atomic E-state index is 11.0. The van der Waals surface area contributed by atoms with E-state index in [0.717, 1.165) is 38.5 Å². The summed E-state index contributed by atoms with van der Waals surface area (Å²) in [4.78, 5) is 0. The van der Waals surface area contributed by atoms with Crippen molar-refractivity contribution >= 4 is 0 Å². The molecule has 146 valence electrons. The van der Waals surface area contributed by atoms with E-state index in [1.807, 2.05) is 0 Å². The molecule has 0 aromatic heterocycles. The van der Waals surface area contributed by atoms with E-state index >= 15 is 0 Å². The van der Waals surface area contributed by atoms with Crippen LogP contribution in [0.4, 0.5) is 0 Å². The molecule has 8 atom stereocenters. The molecule has 4 rings (SSSR count). The minimum absolute atomic E-state index is 0.239. The smallest absolute Gasteiger partial charge is 0.156 e. The van der Waals surface area contributed by atoms with Gasteiger partial charge in [0.1, 0.15) is 0 Å². The predicted octanol–water partition coefficient (Wildman–Crippen LogP) is 3.66. The lowest BCUT2D eigenvalue weighted by atomic mass is 9.43. The maximum atomic E-state index is 11.0. The Bertz CT molecular complexity index is 617. The quantitative estimate of drug-likeness (QED) is 0.736. The van der Waals surface area contributed by atoms with Crippen molar-refractivity contribution in [3.63, 3.8) is 0 Å². The first-order valence-corrected chi connectivity index (χ1v) is 10.6. The second kappa shape index (κ2) is 5.93. The average Bonchev–Trinajstić information content (AvgIpc) is 2.88. The molecule has 0 aliphatic heterocycles. The van der Waals surface area contributed by atoms with Gasteiger partial charge in [-0.25, -0.2) is 0 Å². The van der Waals surface area contributed by atoms with Gasteiger partial charge in [-0.1, -0.05) is 13.8 Å². The summed E-state index contributed by atoms with van der Waals surface area (Å²) in [5.41, 5.74) is -1.73. The van der Waals surface area contributed by atoms with Crippen molar-refractivity contribution < 1.29 is 14.9 Å². The number of aliphatic hydroxyl groups is 2. The Kier molecular flexibility index (Phi) is 4.27. The Labute approximate surface area is 157 Å². The number of methoxy groups -OCH3 is 1. The molecule has 0 heterocycles. The van der Waals surface area contributed by atoms with E-state index in [0.29, 0.717) is 36.7 Å². The highest BCUT2D eigenvalue weighted by atomic mass is 16.5. The van der Waals surface area contributed by atoms with Crippen LogP contribution in [0, 0.1) is 45.8 Å². The summed E-state index contributed by atoms with van der Waals surface area (Å²) < 4.78 is 5.30. The molecule has 0 saturated heterocycles. The van der Waals surface area contributed by atoms with Crippen molar-refractivity contribution in [1.29, 1.82) is 5.26 Å². The van der Waals surface area contributed by atoms with Crippen LogP contribution in [-0.4, -0.2) is 35.1 Å². The van der Waals surface area contributed by atoms with Crippen molar-refractivity contribution in [3.8, 4) is 6.07 Å². The summed E-state index contributed by atoms with van der Waals surface area (Å²) in [5, 5.41) is 31.5. The van der Waals surface area contributed by atoms with Crippen LogP contribution in [0.15, 0.2) is 0 Å². The lowest BCUT2D eigenvalue weighted by Gasteiger charge is -2.62. The fraction of sp³-hybridized carbons (Fsp3) is 0.955. The van der Waals surface area contributed by atoms with Gasteiger partial charge < -0.3 is 14.9 Å². The van der Waals surface area contributed by atoms with E-state index in [1.54, 1.807) is 7.11 Å². The largest absolute Gasteiger partial charge is 0.387 e.